The number of aliphatic hydroxyl groups is 1. The van der Waals surface area contributed by atoms with Gasteiger partial charge in [-0.3, -0.25) is 10.00 Å². The maximum Gasteiger partial charge on any atom is 0.0796 e. The first-order valence-corrected chi connectivity index (χ1v) is 5.66. The van der Waals surface area contributed by atoms with Crippen molar-refractivity contribution in [3.63, 3.8) is 0 Å². The number of H-pyrrole nitrogens is 1. The third-order valence-electron chi connectivity index (χ3n) is 3.14. The fourth-order valence-electron chi connectivity index (χ4n) is 2.25. The lowest BCUT2D eigenvalue weighted by Crippen LogP contribution is -2.29. The molecule has 1 atom stereocenters. The van der Waals surface area contributed by atoms with Crippen LogP contribution in [0.25, 0.3) is 0 Å². The van der Waals surface area contributed by atoms with Gasteiger partial charge in [0.2, 0.25) is 0 Å². The summed E-state index contributed by atoms with van der Waals surface area (Å²) >= 11 is 0. The van der Waals surface area contributed by atoms with E-state index in [-0.39, 0.29) is 6.61 Å². The quantitative estimate of drug-likeness (QED) is 0.784. The fraction of sp³-hybridized carbons (Fsp3) is 0.727. The Labute approximate surface area is 90.3 Å². The highest BCUT2D eigenvalue weighted by atomic mass is 16.3. The molecule has 0 aromatic carbocycles. The fourth-order valence-corrected chi connectivity index (χ4v) is 2.25. The molecule has 84 valence electrons. The van der Waals surface area contributed by atoms with Crippen molar-refractivity contribution < 1.29 is 5.11 Å². The Hall–Kier alpha value is -0.870. The van der Waals surface area contributed by atoms with Gasteiger partial charge in [0.05, 0.1) is 11.7 Å². The van der Waals surface area contributed by atoms with Crippen LogP contribution in [-0.4, -0.2) is 40.4 Å². The minimum Gasteiger partial charge on any atom is -0.396 e. The van der Waals surface area contributed by atoms with Crippen molar-refractivity contribution in [2.75, 3.05) is 20.2 Å². The lowest BCUT2D eigenvalue weighted by Gasteiger charge is -2.30. The minimum atomic E-state index is 0.183. The Morgan fingerprint density at radius 2 is 2.47 bits per heavy atom. The molecule has 1 fully saturated rings. The number of likely N-dealkylation sites (tertiary alicyclic amines) is 1. The van der Waals surface area contributed by atoms with E-state index in [2.05, 4.69) is 28.2 Å². The minimum absolute atomic E-state index is 0.183. The molecule has 1 aliphatic rings. The number of aromatic amines is 1. The summed E-state index contributed by atoms with van der Waals surface area (Å²) in [4.78, 5) is 2.36. The number of rotatable bonds is 3. The molecule has 0 spiro atoms. The van der Waals surface area contributed by atoms with Gasteiger partial charge in [0, 0.05) is 18.7 Å². The molecule has 15 heavy (non-hydrogen) atoms. The van der Waals surface area contributed by atoms with Crippen LogP contribution in [0.4, 0.5) is 0 Å². The largest absolute Gasteiger partial charge is 0.396 e. The first-order chi connectivity index (χ1) is 7.31. The Kier molecular flexibility index (Phi) is 3.38. The van der Waals surface area contributed by atoms with Crippen molar-refractivity contribution in [3.8, 4) is 0 Å². The van der Waals surface area contributed by atoms with Crippen LogP contribution < -0.4 is 0 Å². The summed E-state index contributed by atoms with van der Waals surface area (Å²) < 4.78 is 0. The van der Waals surface area contributed by atoms with E-state index in [4.69, 9.17) is 5.11 Å². The Morgan fingerprint density at radius 1 is 1.60 bits per heavy atom. The maximum atomic E-state index is 8.83. The summed E-state index contributed by atoms with van der Waals surface area (Å²) in [7, 11) is 2.16. The van der Waals surface area contributed by atoms with Crippen LogP contribution in [0.2, 0.25) is 0 Å². The predicted molar refractivity (Wildman–Crippen MR) is 58.6 cm³/mol. The monoisotopic (exact) mass is 209 g/mol. The summed E-state index contributed by atoms with van der Waals surface area (Å²) in [6, 6.07) is 2.55. The number of hydrogen-bond donors (Lipinski definition) is 2. The van der Waals surface area contributed by atoms with Gasteiger partial charge >= 0.3 is 0 Å². The van der Waals surface area contributed by atoms with Gasteiger partial charge in [-0.1, -0.05) is 6.42 Å². The first kappa shape index (κ1) is 10.6. The van der Waals surface area contributed by atoms with E-state index in [0.717, 1.165) is 17.9 Å². The highest BCUT2D eigenvalue weighted by molar-refractivity contribution is 5.13. The van der Waals surface area contributed by atoms with Gasteiger partial charge in [-0.05, 0) is 32.5 Å². The molecule has 0 radical (unpaired) electrons. The Morgan fingerprint density at radius 3 is 3.20 bits per heavy atom. The number of aliphatic hydroxyl groups excluding tert-OH is 1. The third kappa shape index (κ3) is 2.38. The van der Waals surface area contributed by atoms with Crippen molar-refractivity contribution in [1.29, 1.82) is 0 Å². The van der Waals surface area contributed by atoms with Crippen LogP contribution in [0.5, 0.6) is 0 Å². The van der Waals surface area contributed by atoms with Crippen LogP contribution >= 0.6 is 0 Å². The second-order valence-corrected chi connectivity index (χ2v) is 4.28. The normalized spacial score (nSPS) is 23.2. The van der Waals surface area contributed by atoms with Gasteiger partial charge in [0.25, 0.3) is 0 Å². The Bertz CT molecular complexity index is 311. The van der Waals surface area contributed by atoms with E-state index >= 15 is 0 Å². The predicted octanol–water partition coefficient (Wildman–Crippen LogP) is 1.10. The van der Waals surface area contributed by atoms with Crippen LogP contribution in [0.3, 0.4) is 0 Å². The molecule has 0 saturated carbocycles. The van der Waals surface area contributed by atoms with E-state index in [9.17, 15) is 0 Å². The maximum absolute atomic E-state index is 8.83. The van der Waals surface area contributed by atoms with Gasteiger partial charge in [-0.15, -0.1) is 0 Å². The van der Waals surface area contributed by atoms with E-state index < -0.39 is 0 Å². The number of aromatic nitrogens is 2. The zero-order chi connectivity index (χ0) is 10.7. The lowest BCUT2D eigenvalue weighted by atomic mass is 10.00. The molecular weight excluding hydrogens is 190 g/mol. The summed E-state index contributed by atoms with van der Waals surface area (Å²) in [6.07, 6.45) is 4.45. The van der Waals surface area contributed by atoms with Crippen molar-refractivity contribution in [1.82, 2.24) is 15.1 Å². The average molecular weight is 209 g/mol. The number of nitrogens with one attached hydrogen (secondary N) is 1. The van der Waals surface area contributed by atoms with Crippen molar-refractivity contribution in [2.24, 2.45) is 0 Å². The SMILES string of the molecule is CN1CCCC[C@@H]1c1cc(CCO)[nH]n1. The molecule has 1 aromatic rings. The van der Waals surface area contributed by atoms with Crippen LogP contribution in [-0.2, 0) is 6.42 Å². The summed E-state index contributed by atoms with van der Waals surface area (Å²) in [5, 5.41) is 16.2. The standard InChI is InChI=1S/C11H19N3O/c1-14-6-3-2-4-11(14)10-8-9(5-7-15)12-13-10/h8,11,15H,2-7H2,1H3,(H,12,13)/t11-/m1/s1. The van der Waals surface area contributed by atoms with Gasteiger partial charge in [-0.25, -0.2) is 0 Å². The molecule has 0 aliphatic carbocycles. The summed E-state index contributed by atoms with van der Waals surface area (Å²) in [5.74, 6) is 0. The van der Waals surface area contributed by atoms with E-state index in [1.165, 1.54) is 19.3 Å². The van der Waals surface area contributed by atoms with Crippen molar-refractivity contribution >= 4 is 0 Å². The molecule has 0 amide bonds. The molecule has 1 aromatic heterocycles. The highest BCUT2D eigenvalue weighted by Gasteiger charge is 2.22. The smallest absolute Gasteiger partial charge is 0.0796 e. The molecule has 2 heterocycles. The van der Waals surface area contributed by atoms with E-state index in [1.54, 1.807) is 0 Å². The number of nitrogens with zero attached hydrogens (tertiary/aromatic N) is 2. The number of piperidine rings is 1. The van der Waals surface area contributed by atoms with Gasteiger partial charge in [0.1, 0.15) is 0 Å². The van der Waals surface area contributed by atoms with Crippen molar-refractivity contribution in [3.05, 3.63) is 17.5 Å². The molecule has 1 aliphatic heterocycles. The zero-order valence-electron chi connectivity index (χ0n) is 9.24. The van der Waals surface area contributed by atoms with Gasteiger partial charge in [-0.2, -0.15) is 5.10 Å². The second kappa shape index (κ2) is 4.77. The topological polar surface area (TPSA) is 52.1 Å². The Balaban J connectivity index is 2.06. The molecule has 2 rings (SSSR count). The molecule has 4 nitrogen and oxygen atoms in total. The van der Waals surface area contributed by atoms with E-state index in [0.29, 0.717) is 12.5 Å². The number of hydrogen-bond acceptors (Lipinski definition) is 3. The molecular formula is C11H19N3O. The van der Waals surface area contributed by atoms with Crippen LogP contribution in [0.15, 0.2) is 6.07 Å². The van der Waals surface area contributed by atoms with Gasteiger partial charge < -0.3 is 5.11 Å². The first-order valence-electron chi connectivity index (χ1n) is 5.66. The summed E-state index contributed by atoms with van der Waals surface area (Å²) in [5.41, 5.74) is 2.16. The molecule has 4 heteroatoms. The zero-order valence-corrected chi connectivity index (χ0v) is 9.24. The second-order valence-electron chi connectivity index (χ2n) is 4.28. The van der Waals surface area contributed by atoms with Crippen molar-refractivity contribution in [2.45, 2.75) is 31.7 Å². The average Bonchev–Trinajstić information content (AvgIpc) is 2.68. The highest BCUT2D eigenvalue weighted by Crippen LogP contribution is 2.28. The summed E-state index contributed by atoms with van der Waals surface area (Å²) in [6.45, 7) is 1.34. The third-order valence-corrected chi connectivity index (χ3v) is 3.14. The van der Waals surface area contributed by atoms with Crippen LogP contribution in [0.1, 0.15) is 36.7 Å². The molecule has 0 unspecified atom stereocenters. The molecule has 1 saturated heterocycles. The van der Waals surface area contributed by atoms with E-state index in [1.807, 2.05) is 0 Å². The van der Waals surface area contributed by atoms with Gasteiger partial charge in [0.15, 0.2) is 0 Å². The molecule has 0 bridgehead atoms. The lowest BCUT2D eigenvalue weighted by molar-refractivity contribution is 0.183. The van der Waals surface area contributed by atoms with Crippen LogP contribution in [0, 0.1) is 0 Å². The molecule has 2 N–H and O–H groups in total.